The third-order valence-corrected chi connectivity index (χ3v) is 4.79. The second kappa shape index (κ2) is 10.4. The Bertz CT molecular complexity index is 852. The highest BCUT2D eigenvalue weighted by Gasteiger charge is 2.12. The third-order valence-electron chi connectivity index (χ3n) is 3.78. The van der Waals surface area contributed by atoms with E-state index in [4.69, 9.17) is 5.11 Å². The zero-order valence-electron chi connectivity index (χ0n) is 15.4. The van der Waals surface area contributed by atoms with Gasteiger partial charge in [-0.1, -0.05) is 13.3 Å². The number of thioether (sulfide) groups is 1. The molecular weight excluding hydrogens is 380 g/mol. The summed E-state index contributed by atoms with van der Waals surface area (Å²) in [6.07, 6.45) is 2.31. The zero-order valence-corrected chi connectivity index (χ0v) is 16.2. The standard InChI is InChI=1S/C20H22N2O5S/c1-2-3-4-18(24)21-13-5-8-15(9-6-13)28-12-19(25)22-14-7-10-17(23)16(11-14)20(26)27/h5-11,23H,2-4,12H2,1H3,(H,21,24)(H,22,25)(H,26,27). The van der Waals surface area contributed by atoms with Gasteiger partial charge in [0.2, 0.25) is 11.8 Å². The van der Waals surface area contributed by atoms with Crippen LogP contribution in [-0.4, -0.2) is 33.7 Å². The van der Waals surface area contributed by atoms with Crippen molar-refractivity contribution in [1.82, 2.24) is 0 Å². The highest BCUT2D eigenvalue weighted by Crippen LogP contribution is 2.23. The Morgan fingerprint density at radius 1 is 0.964 bits per heavy atom. The molecule has 0 bridgehead atoms. The highest BCUT2D eigenvalue weighted by molar-refractivity contribution is 8.00. The summed E-state index contributed by atoms with van der Waals surface area (Å²) in [5.74, 6) is -1.82. The van der Waals surface area contributed by atoms with Gasteiger partial charge in [0, 0.05) is 22.7 Å². The second-order valence-electron chi connectivity index (χ2n) is 6.05. The summed E-state index contributed by atoms with van der Waals surface area (Å²) in [5.41, 5.74) is 0.730. The minimum Gasteiger partial charge on any atom is -0.507 e. The van der Waals surface area contributed by atoms with Crippen LogP contribution in [0.5, 0.6) is 5.75 Å². The van der Waals surface area contributed by atoms with E-state index in [1.165, 1.54) is 30.0 Å². The molecule has 4 N–H and O–H groups in total. The molecule has 0 aliphatic heterocycles. The predicted molar refractivity (Wildman–Crippen MR) is 109 cm³/mol. The summed E-state index contributed by atoms with van der Waals surface area (Å²) in [5, 5.41) is 23.9. The van der Waals surface area contributed by atoms with E-state index in [0.29, 0.717) is 17.8 Å². The van der Waals surface area contributed by atoms with Crippen molar-refractivity contribution in [1.29, 1.82) is 0 Å². The maximum absolute atomic E-state index is 12.1. The Balaban J connectivity index is 1.85. The molecule has 0 fully saturated rings. The Labute approximate surface area is 167 Å². The van der Waals surface area contributed by atoms with E-state index in [0.717, 1.165) is 17.7 Å². The first-order valence-electron chi connectivity index (χ1n) is 8.78. The molecule has 0 aliphatic carbocycles. The van der Waals surface area contributed by atoms with Crippen molar-refractivity contribution in [2.24, 2.45) is 0 Å². The second-order valence-corrected chi connectivity index (χ2v) is 7.10. The van der Waals surface area contributed by atoms with Gasteiger partial charge in [-0.2, -0.15) is 0 Å². The molecule has 0 aliphatic rings. The Morgan fingerprint density at radius 2 is 1.61 bits per heavy atom. The zero-order chi connectivity index (χ0) is 20.5. The third kappa shape index (κ3) is 6.62. The van der Waals surface area contributed by atoms with Gasteiger partial charge in [0.25, 0.3) is 0 Å². The van der Waals surface area contributed by atoms with E-state index in [1.54, 1.807) is 12.1 Å². The minimum atomic E-state index is -1.27. The van der Waals surface area contributed by atoms with Crippen molar-refractivity contribution in [3.8, 4) is 5.75 Å². The fourth-order valence-corrected chi connectivity index (χ4v) is 3.02. The van der Waals surface area contributed by atoms with Crippen LogP contribution < -0.4 is 10.6 Å². The molecule has 0 heterocycles. The van der Waals surface area contributed by atoms with Gasteiger partial charge >= 0.3 is 5.97 Å². The molecule has 0 saturated heterocycles. The quantitative estimate of drug-likeness (QED) is 0.373. The normalized spacial score (nSPS) is 10.3. The van der Waals surface area contributed by atoms with Crippen LogP contribution in [0.2, 0.25) is 0 Å². The number of hydrogen-bond donors (Lipinski definition) is 4. The molecule has 0 saturated carbocycles. The van der Waals surface area contributed by atoms with E-state index in [2.05, 4.69) is 10.6 Å². The summed E-state index contributed by atoms with van der Waals surface area (Å²) in [6, 6.07) is 11.1. The van der Waals surface area contributed by atoms with Crippen LogP contribution in [0.3, 0.4) is 0 Å². The molecule has 2 rings (SSSR count). The number of phenols is 1. The molecule has 0 spiro atoms. The number of carboxylic acid groups (broad SMARTS) is 1. The molecule has 7 nitrogen and oxygen atoms in total. The number of carbonyl (C=O) groups is 3. The van der Waals surface area contributed by atoms with Gasteiger partial charge in [0.15, 0.2) is 0 Å². The lowest BCUT2D eigenvalue weighted by Gasteiger charge is -2.08. The molecule has 2 aromatic carbocycles. The molecule has 0 radical (unpaired) electrons. The number of carbonyl (C=O) groups excluding carboxylic acids is 2. The average molecular weight is 402 g/mol. The first kappa shape index (κ1) is 21.3. The number of aromatic hydroxyl groups is 1. The number of nitrogens with one attached hydrogen (secondary N) is 2. The van der Waals surface area contributed by atoms with Crippen LogP contribution in [0.15, 0.2) is 47.4 Å². The number of rotatable bonds is 9. The molecule has 2 amide bonds. The van der Waals surface area contributed by atoms with Crippen molar-refractivity contribution in [2.45, 2.75) is 31.1 Å². The smallest absolute Gasteiger partial charge is 0.339 e. The number of anilines is 2. The van der Waals surface area contributed by atoms with Gasteiger partial charge in [-0.15, -0.1) is 11.8 Å². The Kier molecular flexibility index (Phi) is 7.88. The molecular formula is C20H22N2O5S. The van der Waals surface area contributed by atoms with Crippen molar-refractivity contribution in [2.75, 3.05) is 16.4 Å². The van der Waals surface area contributed by atoms with Crippen molar-refractivity contribution < 1.29 is 24.6 Å². The number of amides is 2. The monoisotopic (exact) mass is 402 g/mol. The first-order chi connectivity index (χ1) is 13.4. The van der Waals surface area contributed by atoms with Crippen LogP contribution in [0.25, 0.3) is 0 Å². The van der Waals surface area contributed by atoms with E-state index >= 15 is 0 Å². The number of benzene rings is 2. The van der Waals surface area contributed by atoms with E-state index in [1.807, 2.05) is 19.1 Å². The number of unbranched alkanes of at least 4 members (excludes halogenated alkanes) is 1. The molecule has 0 unspecified atom stereocenters. The molecule has 0 atom stereocenters. The lowest BCUT2D eigenvalue weighted by Crippen LogP contribution is -2.14. The molecule has 8 heteroatoms. The SMILES string of the molecule is CCCCC(=O)Nc1ccc(SCC(=O)Nc2ccc(O)c(C(=O)O)c2)cc1. The Morgan fingerprint density at radius 3 is 2.25 bits per heavy atom. The molecule has 148 valence electrons. The highest BCUT2D eigenvalue weighted by atomic mass is 32.2. The summed E-state index contributed by atoms with van der Waals surface area (Å²) >= 11 is 1.31. The van der Waals surface area contributed by atoms with Gasteiger partial charge in [-0.05, 0) is 48.9 Å². The maximum Gasteiger partial charge on any atom is 0.339 e. The lowest BCUT2D eigenvalue weighted by atomic mass is 10.2. The fraction of sp³-hybridized carbons (Fsp3) is 0.250. The van der Waals surface area contributed by atoms with Gasteiger partial charge in [0.05, 0.1) is 5.75 Å². The Hall–Kier alpha value is -3.00. The average Bonchev–Trinajstić information content (AvgIpc) is 2.67. The van der Waals surface area contributed by atoms with Crippen LogP contribution >= 0.6 is 11.8 Å². The van der Waals surface area contributed by atoms with Gasteiger partial charge < -0.3 is 20.8 Å². The minimum absolute atomic E-state index is 0.0174. The molecule has 28 heavy (non-hydrogen) atoms. The molecule has 2 aromatic rings. The summed E-state index contributed by atoms with van der Waals surface area (Å²) in [7, 11) is 0. The number of carboxylic acids is 1. The van der Waals surface area contributed by atoms with Crippen LogP contribution in [0.1, 0.15) is 36.5 Å². The van der Waals surface area contributed by atoms with Gasteiger partial charge in [-0.25, -0.2) is 4.79 Å². The predicted octanol–water partition coefficient (Wildman–Crippen LogP) is 3.95. The maximum atomic E-state index is 12.1. The summed E-state index contributed by atoms with van der Waals surface area (Å²) in [6.45, 7) is 2.03. The van der Waals surface area contributed by atoms with Crippen molar-refractivity contribution in [3.63, 3.8) is 0 Å². The fourth-order valence-electron chi connectivity index (χ4n) is 2.33. The van der Waals surface area contributed by atoms with Crippen LogP contribution in [0.4, 0.5) is 11.4 Å². The van der Waals surface area contributed by atoms with Gasteiger partial charge in [-0.3, -0.25) is 9.59 Å². The largest absolute Gasteiger partial charge is 0.507 e. The van der Waals surface area contributed by atoms with Crippen molar-refractivity contribution in [3.05, 3.63) is 48.0 Å². The van der Waals surface area contributed by atoms with Crippen molar-refractivity contribution >= 4 is 40.9 Å². The van der Waals surface area contributed by atoms with Crippen LogP contribution in [-0.2, 0) is 9.59 Å². The first-order valence-corrected chi connectivity index (χ1v) is 9.76. The van der Waals surface area contributed by atoms with Crippen LogP contribution in [0, 0.1) is 0 Å². The topological polar surface area (TPSA) is 116 Å². The summed E-state index contributed by atoms with van der Waals surface area (Å²) < 4.78 is 0. The van der Waals surface area contributed by atoms with E-state index in [9.17, 15) is 19.5 Å². The van der Waals surface area contributed by atoms with E-state index in [-0.39, 0.29) is 28.9 Å². The summed E-state index contributed by atoms with van der Waals surface area (Å²) in [4.78, 5) is 35.6. The number of aromatic carboxylic acids is 1. The van der Waals surface area contributed by atoms with Gasteiger partial charge in [0.1, 0.15) is 11.3 Å². The lowest BCUT2D eigenvalue weighted by molar-refractivity contribution is -0.116. The number of hydrogen-bond acceptors (Lipinski definition) is 5. The van der Waals surface area contributed by atoms with E-state index < -0.39 is 5.97 Å². The molecule has 0 aromatic heterocycles.